The van der Waals surface area contributed by atoms with Crippen LogP contribution in [0.2, 0.25) is 0 Å². The second kappa shape index (κ2) is 8.05. The first-order chi connectivity index (χ1) is 12.6. The Morgan fingerprint density at radius 3 is 2.81 bits per heavy atom. The van der Waals surface area contributed by atoms with Crippen molar-refractivity contribution in [1.29, 1.82) is 0 Å². The first-order valence-corrected chi connectivity index (χ1v) is 9.20. The molecule has 26 heavy (non-hydrogen) atoms. The number of ether oxygens (including phenoxy) is 1. The van der Waals surface area contributed by atoms with Crippen molar-refractivity contribution in [3.8, 4) is 17.1 Å². The quantitative estimate of drug-likeness (QED) is 0.617. The fourth-order valence-corrected chi connectivity index (χ4v) is 3.09. The second-order valence-corrected chi connectivity index (χ2v) is 6.45. The number of nitrogens with zero attached hydrogens (tertiary/aromatic N) is 3. The Morgan fingerprint density at radius 1 is 1.23 bits per heavy atom. The third kappa shape index (κ3) is 3.88. The molecule has 3 rings (SSSR count). The van der Waals surface area contributed by atoms with Crippen molar-refractivity contribution in [3.63, 3.8) is 0 Å². The number of hydrogen-bond acceptors (Lipinski definition) is 6. The molecule has 1 aromatic heterocycles. The number of hydrogen-bond donors (Lipinski definition) is 0. The van der Waals surface area contributed by atoms with Crippen LogP contribution in [-0.4, -0.2) is 41.4 Å². The fourth-order valence-electron chi connectivity index (χ4n) is 2.50. The van der Waals surface area contributed by atoms with E-state index in [0.29, 0.717) is 17.3 Å². The predicted molar refractivity (Wildman–Crippen MR) is 100 cm³/mol. The van der Waals surface area contributed by atoms with E-state index in [2.05, 4.69) is 10.1 Å². The van der Waals surface area contributed by atoms with Gasteiger partial charge in [-0.2, -0.15) is 4.98 Å². The van der Waals surface area contributed by atoms with Gasteiger partial charge < -0.3 is 14.2 Å². The highest BCUT2D eigenvalue weighted by molar-refractivity contribution is 7.98. The smallest absolute Gasteiger partial charge is 0.255 e. The Morgan fingerprint density at radius 2 is 2.04 bits per heavy atom. The van der Waals surface area contributed by atoms with Crippen molar-refractivity contribution in [2.24, 2.45) is 0 Å². The largest absolute Gasteiger partial charge is 0.497 e. The lowest BCUT2D eigenvalue weighted by molar-refractivity contribution is 0.0766. The molecule has 0 aliphatic rings. The van der Waals surface area contributed by atoms with Gasteiger partial charge >= 0.3 is 0 Å². The number of benzene rings is 2. The maximum absolute atomic E-state index is 12.7. The minimum absolute atomic E-state index is 0.0870. The molecule has 0 saturated carbocycles. The van der Waals surface area contributed by atoms with Crippen molar-refractivity contribution in [2.75, 3.05) is 20.4 Å². The summed E-state index contributed by atoms with van der Waals surface area (Å²) in [6.45, 7) is 0.235. The highest BCUT2D eigenvalue weighted by Gasteiger charge is 2.18. The van der Waals surface area contributed by atoms with E-state index in [0.717, 1.165) is 16.2 Å². The molecular formula is C19H19N3O3S. The minimum Gasteiger partial charge on any atom is -0.497 e. The zero-order valence-electron chi connectivity index (χ0n) is 14.8. The maximum atomic E-state index is 12.7. The van der Waals surface area contributed by atoms with Gasteiger partial charge in [-0.1, -0.05) is 29.4 Å². The summed E-state index contributed by atoms with van der Waals surface area (Å²) in [4.78, 5) is 19.6. The SMILES string of the molecule is COc1cccc(-c2noc(CN(C)C(=O)c3ccccc3SC)n2)c1. The van der Waals surface area contributed by atoms with Gasteiger partial charge in [-0.25, -0.2) is 0 Å². The molecule has 0 saturated heterocycles. The van der Waals surface area contributed by atoms with Crippen LogP contribution in [0.1, 0.15) is 16.2 Å². The van der Waals surface area contributed by atoms with Crippen LogP contribution >= 0.6 is 11.8 Å². The number of carbonyl (C=O) groups excluding carboxylic acids is 1. The molecule has 134 valence electrons. The first-order valence-electron chi connectivity index (χ1n) is 7.98. The summed E-state index contributed by atoms with van der Waals surface area (Å²) in [7, 11) is 3.32. The molecule has 3 aromatic rings. The van der Waals surface area contributed by atoms with E-state index in [9.17, 15) is 4.79 Å². The summed E-state index contributed by atoms with van der Waals surface area (Å²) >= 11 is 1.54. The summed E-state index contributed by atoms with van der Waals surface area (Å²) in [5.41, 5.74) is 1.45. The third-order valence-electron chi connectivity index (χ3n) is 3.85. The van der Waals surface area contributed by atoms with Crippen molar-refractivity contribution >= 4 is 17.7 Å². The van der Waals surface area contributed by atoms with Gasteiger partial charge in [-0.3, -0.25) is 4.79 Å². The minimum atomic E-state index is -0.0870. The first kappa shape index (κ1) is 18.0. The maximum Gasteiger partial charge on any atom is 0.255 e. The van der Waals surface area contributed by atoms with Gasteiger partial charge in [0.25, 0.3) is 5.91 Å². The Bertz CT molecular complexity index is 910. The molecule has 0 unspecified atom stereocenters. The van der Waals surface area contributed by atoms with Crippen LogP contribution in [0.4, 0.5) is 0 Å². The van der Waals surface area contributed by atoms with Gasteiger partial charge in [0.1, 0.15) is 5.75 Å². The van der Waals surface area contributed by atoms with Crippen LogP contribution < -0.4 is 4.74 Å². The van der Waals surface area contributed by atoms with Gasteiger partial charge in [-0.15, -0.1) is 11.8 Å². The van der Waals surface area contributed by atoms with Crippen molar-refractivity contribution in [1.82, 2.24) is 15.0 Å². The normalized spacial score (nSPS) is 10.6. The molecular weight excluding hydrogens is 350 g/mol. The lowest BCUT2D eigenvalue weighted by atomic mass is 10.2. The van der Waals surface area contributed by atoms with Gasteiger partial charge in [-0.05, 0) is 30.5 Å². The highest BCUT2D eigenvalue weighted by atomic mass is 32.2. The average molecular weight is 369 g/mol. The van der Waals surface area contributed by atoms with Crippen LogP contribution in [0.15, 0.2) is 57.9 Å². The molecule has 2 aromatic carbocycles. The molecule has 6 nitrogen and oxygen atoms in total. The molecule has 0 bridgehead atoms. The number of amides is 1. The van der Waals surface area contributed by atoms with E-state index in [4.69, 9.17) is 9.26 Å². The van der Waals surface area contributed by atoms with Crippen molar-refractivity contribution < 1.29 is 14.1 Å². The number of carbonyl (C=O) groups is 1. The summed E-state index contributed by atoms with van der Waals surface area (Å²) in [5.74, 6) is 1.47. The summed E-state index contributed by atoms with van der Waals surface area (Å²) in [6, 6.07) is 14.9. The summed E-state index contributed by atoms with van der Waals surface area (Å²) in [6.07, 6.45) is 1.95. The van der Waals surface area contributed by atoms with Crippen LogP contribution in [0.3, 0.4) is 0 Å². The molecule has 0 atom stereocenters. The molecule has 0 fully saturated rings. The zero-order valence-corrected chi connectivity index (χ0v) is 15.6. The van der Waals surface area contributed by atoms with Crippen LogP contribution in [0.5, 0.6) is 5.75 Å². The van der Waals surface area contributed by atoms with Crippen molar-refractivity contribution in [2.45, 2.75) is 11.4 Å². The van der Waals surface area contributed by atoms with E-state index >= 15 is 0 Å². The van der Waals surface area contributed by atoms with Gasteiger partial charge in [0.05, 0.1) is 19.2 Å². The molecule has 0 spiro atoms. The van der Waals surface area contributed by atoms with E-state index in [1.54, 1.807) is 30.8 Å². The number of methoxy groups -OCH3 is 1. The molecule has 0 aliphatic heterocycles. The predicted octanol–water partition coefficient (Wildman–Crippen LogP) is 3.74. The zero-order chi connectivity index (χ0) is 18.5. The Labute approximate surface area is 156 Å². The molecule has 7 heteroatoms. The monoisotopic (exact) mass is 369 g/mol. The fraction of sp³-hybridized carbons (Fsp3) is 0.211. The van der Waals surface area contributed by atoms with Gasteiger partial charge in [0, 0.05) is 17.5 Å². The molecule has 0 radical (unpaired) electrons. The topological polar surface area (TPSA) is 68.5 Å². The van der Waals surface area contributed by atoms with Gasteiger partial charge in [0.2, 0.25) is 11.7 Å². The number of rotatable bonds is 6. The van der Waals surface area contributed by atoms with Crippen LogP contribution in [0.25, 0.3) is 11.4 Å². The lowest BCUT2D eigenvalue weighted by Crippen LogP contribution is -2.26. The molecule has 0 N–H and O–H groups in total. The van der Waals surface area contributed by atoms with E-state index in [1.807, 2.05) is 54.8 Å². The second-order valence-electron chi connectivity index (χ2n) is 5.61. The summed E-state index contributed by atoms with van der Waals surface area (Å²) < 4.78 is 10.5. The van der Waals surface area contributed by atoms with E-state index < -0.39 is 0 Å². The summed E-state index contributed by atoms with van der Waals surface area (Å²) in [5, 5.41) is 4.00. The van der Waals surface area contributed by atoms with Gasteiger partial charge in [0.15, 0.2) is 0 Å². The lowest BCUT2D eigenvalue weighted by Gasteiger charge is -2.16. The van der Waals surface area contributed by atoms with Crippen LogP contribution in [-0.2, 0) is 6.54 Å². The Kier molecular flexibility index (Phi) is 5.58. The standard InChI is InChI=1S/C19H19N3O3S/c1-22(19(23)15-9-4-5-10-16(15)26-3)12-17-20-18(21-25-17)13-7-6-8-14(11-13)24-2/h4-11H,12H2,1-3H3. The number of thioether (sulfide) groups is 1. The van der Waals surface area contributed by atoms with E-state index in [-0.39, 0.29) is 12.5 Å². The molecule has 1 amide bonds. The Balaban J connectivity index is 1.75. The van der Waals surface area contributed by atoms with Crippen molar-refractivity contribution in [3.05, 3.63) is 60.0 Å². The molecule has 1 heterocycles. The highest BCUT2D eigenvalue weighted by Crippen LogP contribution is 2.23. The molecule has 0 aliphatic carbocycles. The van der Waals surface area contributed by atoms with Crippen LogP contribution in [0, 0.1) is 0 Å². The number of aromatic nitrogens is 2. The average Bonchev–Trinajstić information content (AvgIpc) is 3.15. The van der Waals surface area contributed by atoms with E-state index in [1.165, 1.54) is 0 Å². The third-order valence-corrected chi connectivity index (χ3v) is 4.65. The Hall–Kier alpha value is -2.80.